The lowest BCUT2D eigenvalue weighted by Crippen LogP contribution is -2.44. The second-order valence-electron chi connectivity index (χ2n) is 27.2. The molecular weight excluding hydrogens is 1220 g/mol. The van der Waals surface area contributed by atoms with Gasteiger partial charge in [-0.05, 0) is 165 Å². The quantitative estimate of drug-likeness (QED) is 0.123. The van der Waals surface area contributed by atoms with Crippen molar-refractivity contribution >= 4 is 187 Å². The average molecular weight is 1270 g/mol. The molecule has 8 nitrogen and oxygen atoms in total. The fourth-order valence-corrected chi connectivity index (χ4v) is 18.1. The van der Waals surface area contributed by atoms with E-state index < -0.39 is 0 Å². The summed E-state index contributed by atoms with van der Waals surface area (Å²) in [4.78, 5) is 14.2. The molecule has 2 atom stereocenters. The normalized spacial score (nSPS) is 15.9. The van der Waals surface area contributed by atoms with E-state index in [0.29, 0.717) is 0 Å². The zero-order valence-electron chi connectivity index (χ0n) is 53.9. The second kappa shape index (κ2) is 20.1. The molecule has 0 bridgehead atoms. The fourth-order valence-electron chi connectivity index (χ4n) is 18.1. The molecule has 4 aliphatic rings. The molecular formula is C92H56N8+2. The predicted octanol–water partition coefficient (Wildman–Crippen LogP) is 22.6. The van der Waals surface area contributed by atoms with Gasteiger partial charge in [0.15, 0.2) is 0 Å². The van der Waals surface area contributed by atoms with Crippen LogP contribution in [0.15, 0.2) is 328 Å². The fraction of sp³-hybridized carbons (Fsp3) is 0.0217. The van der Waals surface area contributed by atoms with Crippen LogP contribution >= 0.6 is 0 Å². The van der Waals surface area contributed by atoms with Crippen LogP contribution in [0.4, 0.5) is 45.5 Å². The highest BCUT2D eigenvalue weighted by molar-refractivity contribution is 6.36. The second-order valence-corrected chi connectivity index (χ2v) is 27.2. The molecule has 0 saturated carbocycles. The summed E-state index contributed by atoms with van der Waals surface area (Å²) in [6.07, 6.45) is 25.8. The van der Waals surface area contributed by atoms with Crippen molar-refractivity contribution in [2.45, 2.75) is 12.1 Å². The van der Waals surface area contributed by atoms with Crippen LogP contribution in [0.1, 0.15) is 0 Å². The van der Waals surface area contributed by atoms with Gasteiger partial charge in [0.05, 0.1) is 22.1 Å². The van der Waals surface area contributed by atoms with Gasteiger partial charge >= 0.3 is 0 Å². The molecule has 0 radical (unpaired) electrons. The number of aromatic nitrogens is 4. The highest BCUT2D eigenvalue weighted by Gasteiger charge is 2.44. The summed E-state index contributed by atoms with van der Waals surface area (Å²) >= 11 is 0. The first-order chi connectivity index (χ1) is 49.6. The van der Waals surface area contributed by atoms with E-state index in [-0.39, 0.29) is 12.1 Å². The van der Waals surface area contributed by atoms with Crippen molar-refractivity contribution in [3.8, 4) is 11.4 Å². The summed E-state index contributed by atoms with van der Waals surface area (Å²) in [5.41, 5.74) is 18.0. The van der Waals surface area contributed by atoms with Crippen LogP contribution in [0, 0.1) is 0 Å². The van der Waals surface area contributed by atoms with Gasteiger partial charge in [0.25, 0.3) is 0 Å². The molecule has 19 aromatic rings. The van der Waals surface area contributed by atoms with Gasteiger partial charge in [-0.15, -0.1) is 0 Å². The maximum absolute atomic E-state index is 4.53. The number of para-hydroxylation sites is 2. The zero-order chi connectivity index (χ0) is 65.0. The molecule has 6 heterocycles. The van der Waals surface area contributed by atoms with Gasteiger partial charge in [-0.2, -0.15) is 9.15 Å². The van der Waals surface area contributed by atoms with E-state index >= 15 is 0 Å². The highest BCUT2D eigenvalue weighted by Crippen LogP contribution is 2.53. The molecule has 0 saturated heterocycles. The summed E-state index contributed by atoms with van der Waals surface area (Å²) in [6, 6.07) is 95.8. The number of allylic oxidation sites excluding steroid dienone is 4. The first kappa shape index (κ1) is 53.9. The number of anilines is 4. The van der Waals surface area contributed by atoms with Crippen LogP contribution in [0.3, 0.4) is 0 Å². The largest absolute Gasteiger partial charge is 0.319 e. The first-order valence-corrected chi connectivity index (χ1v) is 34.5. The standard InChI is InChI=1S/C92H56N8/c1-3-17-63(18-4-1)95-75-21-7-9-23-77(75)99(83-53-79-73(51-81(83)95)91-71-35-31-57-15-11-13-55-25-29-61(89(71)87(55)57)49-85(91)97(79)65-39-43-93-44-40-65)67-33-37-69-59(47-67)27-28-60-48-68(34-38-70(60)69)100-78-24-10-8-22-76(78)96(64-19-5-2-6-20-64)82-52-74-80(54-84(82)100)98(66-41-45-94-46-42-66)86-50-62-30-26-56-14-12-16-58-32-36-72(92(74)86)90(62)88(56)58/h1-54,75,78H/q+2. The smallest absolute Gasteiger partial charge is 0.237 e. The molecule has 0 fully saturated rings. The van der Waals surface area contributed by atoms with Gasteiger partial charge in [-0.1, -0.05) is 176 Å². The number of benzene rings is 15. The Bertz CT molecular complexity index is 6980. The van der Waals surface area contributed by atoms with Crippen molar-refractivity contribution in [2.24, 2.45) is 0 Å². The number of hydrogen-bond donors (Lipinski definition) is 0. The van der Waals surface area contributed by atoms with Crippen molar-refractivity contribution in [3.63, 3.8) is 0 Å². The molecule has 2 aliphatic heterocycles. The van der Waals surface area contributed by atoms with Gasteiger partial charge in [-0.25, -0.2) is 0 Å². The SMILES string of the molecule is C1=CC2=[N+](c3ccccc3)c3cc4c5c6ccc7cccc8ccc(cc5n(-c5ccncc5)c4cc3N(c3ccc4c(ccc5cc([N+]9=C%10C=CC=CC%10N(c%10ccccc%10)c%10cc%11c%12c%13ccc%14cccc%15ccc(cc%12n(-c%12ccncc%12)c%11cc%109)c%13c%15%14)ccc54)c3)C2C=C1)c6c87. The topological polar surface area (TPSA) is 48.1 Å². The molecule has 23 rings (SSSR count). The Morgan fingerprint density at radius 2 is 0.740 bits per heavy atom. The van der Waals surface area contributed by atoms with Gasteiger partial charge in [-0.3, -0.25) is 9.97 Å². The summed E-state index contributed by atoms with van der Waals surface area (Å²) in [5.74, 6) is 0. The monoisotopic (exact) mass is 1270 g/mol. The van der Waals surface area contributed by atoms with Crippen molar-refractivity contribution in [1.29, 1.82) is 0 Å². The van der Waals surface area contributed by atoms with Gasteiger partial charge < -0.3 is 18.9 Å². The van der Waals surface area contributed by atoms with Gasteiger partial charge in [0, 0.05) is 118 Å². The third-order valence-electron chi connectivity index (χ3n) is 22.2. The molecule has 8 heteroatoms. The molecule has 2 aliphatic carbocycles. The summed E-state index contributed by atoms with van der Waals surface area (Å²) in [7, 11) is 0. The maximum Gasteiger partial charge on any atom is 0.237 e. The highest BCUT2D eigenvalue weighted by atomic mass is 15.3. The van der Waals surface area contributed by atoms with Crippen molar-refractivity contribution in [1.82, 2.24) is 28.3 Å². The van der Waals surface area contributed by atoms with Crippen LogP contribution < -0.4 is 19.0 Å². The Kier molecular flexibility index (Phi) is 10.9. The van der Waals surface area contributed by atoms with E-state index in [2.05, 4.69) is 341 Å². The predicted molar refractivity (Wildman–Crippen MR) is 420 cm³/mol. The third kappa shape index (κ3) is 7.37. The van der Waals surface area contributed by atoms with Crippen LogP contribution in [-0.2, 0) is 0 Å². The molecule has 0 amide bonds. The zero-order valence-corrected chi connectivity index (χ0v) is 53.9. The van der Waals surface area contributed by atoms with Gasteiger partial charge in [0.1, 0.15) is 23.5 Å². The van der Waals surface area contributed by atoms with Gasteiger partial charge in [0.2, 0.25) is 34.2 Å². The van der Waals surface area contributed by atoms with E-state index in [9.17, 15) is 0 Å². The maximum atomic E-state index is 4.53. The summed E-state index contributed by atoms with van der Waals surface area (Å²) in [5, 5.41) is 24.9. The third-order valence-corrected chi connectivity index (χ3v) is 22.2. The molecule has 462 valence electrons. The van der Waals surface area contributed by atoms with E-state index in [1.54, 1.807) is 0 Å². The van der Waals surface area contributed by atoms with E-state index in [0.717, 1.165) is 78.9 Å². The summed E-state index contributed by atoms with van der Waals surface area (Å²) < 4.78 is 9.97. The minimum absolute atomic E-state index is 0.0988. The van der Waals surface area contributed by atoms with Crippen LogP contribution in [0.2, 0.25) is 0 Å². The lowest BCUT2D eigenvalue weighted by Gasteiger charge is -2.36. The minimum Gasteiger partial charge on any atom is -0.319 e. The number of hydrogen-bond acceptors (Lipinski definition) is 4. The van der Waals surface area contributed by atoms with Crippen molar-refractivity contribution in [3.05, 3.63) is 328 Å². The lowest BCUT2D eigenvalue weighted by molar-refractivity contribution is 0.898. The van der Waals surface area contributed by atoms with E-state index in [1.165, 1.54) is 119 Å². The number of fused-ring (bicyclic) bond motifs is 15. The molecule has 0 N–H and O–H groups in total. The summed E-state index contributed by atoms with van der Waals surface area (Å²) in [6.45, 7) is 0. The Morgan fingerprint density at radius 3 is 1.34 bits per heavy atom. The number of pyridine rings is 2. The Balaban J connectivity index is 0.724. The Morgan fingerprint density at radius 1 is 0.270 bits per heavy atom. The molecule has 2 unspecified atom stereocenters. The lowest BCUT2D eigenvalue weighted by atomic mass is 9.91. The minimum atomic E-state index is -0.124. The van der Waals surface area contributed by atoms with Crippen molar-refractivity contribution < 1.29 is 0 Å². The van der Waals surface area contributed by atoms with Crippen LogP contribution in [0.25, 0.3) is 141 Å². The molecule has 0 spiro atoms. The molecule has 4 aromatic heterocycles. The van der Waals surface area contributed by atoms with E-state index in [4.69, 9.17) is 0 Å². The number of nitrogens with zero attached hydrogens (tertiary/aromatic N) is 8. The Hall–Kier alpha value is -13.3. The van der Waals surface area contributed by atoms with Crippen molar-refractivity contribution in [2.75, 3.05) is 9.80 Å². The van der Waals surface area contributed by atoms with E-state index in [1.807, 2.05) is 24.8 Å². The average Bonchev–Trinajstić information content (AvgIpc) is 1.48. The number of rotatable bonds is 6. The first-order valence-electron chi connectivity index (χ1n) is 34.5. The Labute approximate surface area is 573 Å². The molecule has 100 heavy (non-hydrogen) atoms. The van der Waals surface area contributed by atoms with Crippen LogP contribution in [-0.4, -0.2) is 42.6 Å². The molecule has 15 aromatic carbocycles. The van der Waals surface area contributed by atoms with Crippen LogP contribution in [0.5, 0.6) is 0 Å².